The second-order valence-corrected chi connectivity index (χ2v) is 4.73. The maximum Gasteiger partial charge on any atom is 0.189 e. The first-order chi connectivity index (χ1) is 11.0. The summed E-state index contributed by atoms with van der Waals surface area (Å²) in [5, 5.41) is 19.8. The number of benzene rings is 2. The van der Waals surface area contributed by atoms with Crippen LogP contribution in [0.3, 0.4) is 0 Å². The molecule has 0 saturated heterocycles. The fourth-order valence-corrected chi connectivity index (χ4v) is 2.02. The van der Waals surface area contributed by atoms with Gasteiger partial charge < -0.3 is 19.7 Å². The molecule has 0 aliphatic rings. The van der Waals surface area contributed by atoms with Gasteiger partial charge in [0.25, 0.3) is 0 Å². The molecule has 0 fully saturated rings. The van der Waals surface area contributed by atoms with Gasteiger partial charge in [-0.2, -0.15) is 0 Å². The lowest BCUT2D eigenvalue weighted by Crippen LogP contribution is -1.95. The van der Waals surface area contributed by atoms with Crippen LogP contribution in [0.2, 0.25) is 0 Å². The van der Waals surface area contributed by atoms with E-state index in [1.165, 1.54) is 37.5 Å². The van der Waals surface area contributed by atoms with Crippen molar-refractivity contribution in [2.24, 2.45) is 0 Å². The molecule has 23 heavy (non-hydrogen) atoms. The SMILES string of the molecule is CCOc1ccc(C=CC(=O)c2ccc(OC)cc2O)c(O)c1. The van der Waals surface area contributed by atoms with Crippen molar-refractivity contribution in [2.75, 3.05) is 13.7 Å². The number of phenols is 2. The molecule has 0 saturated carbocycles. The third-order valence-corrected chi connectivity index (χ3v) is 3.20. The maximum atomic E-state index is 12.1. The van der Waals surface area contributed by atoms with Gasteiger partial charge in [-0.25, -0.2) is 0 Å². The summed E-state index contributed by atoms with van der Waals surface area (Å²) >= 11 is 0. The monoisotopic (exact) mass is 314 g/mol. The number of phenolic OH excluding ortho intramolecular Hbond substituents is 2. The molecular weight excluding hydrogens is 296 g/mol. The van der Waals surface area contributed by atoms with Gasteiger partial charge in [-0.1, -0.05) is 0 Å². The van der Waals surface area contributed by atoms with Crippen LogP contribution in [0.4, 0.5) is 0 Å². The average molecular weight is 314 g/mol. The van der Waals surface area contributed by atoms with E-state index in [1.807, 2.05) is 6.92 Å². The summed E-state index contributed by atoms with van der Waals surface area (Å²) in [5.74, 6) is 0.501. The van der Waals surface area contributed by atoms with Gasteiger partial charge in [-0.15, -0.1) is 0 Å². The van der Waals surface area contributed by atoms with Gasteiger partial charge in [-0.05, 0) is 43.3 Å². The molecule has 0 radical (unpaired) electrons. The van der Waals surface area contributed by atoms with Crippen LogP contribution in [0, 0.1) is 0 Å². The zero-order chi connectivity index (χ0) is 16.8. The molecule has 0 bridgehead atoms. The Morgan fingerprint density at radius 3 is 2.39 bits per heavy atom. The van der Waals surface area contributed by atoms with Gasteiger partial charge in [0, 0.05) is 17.7 Å². The number of carbonyl (C=O) groups is 1. The molecule has 0 amide bonds. The zero-order valence-corrected chi connectivity index (χ0v) is 12.9. The summed E-state index contributed by atoms with van der Waals surface area (Å²) in [6.07, 6.45) is 2.77. The quantitative estimate of drug-likeness (QED) is 0.631. The van der Waals surface area contributed by atoms with Crippen LogP contribution in [-0.4, -0.2) is 29.7 Å². The lowest BCUT2D eigenvalue weighted by molar-refractivity contribution is 0.104. The van der Waals surface area contributed by atoms with Gasteiger partial charge in [0.15, 0.2) is 5.78 Å². The molecule has 0 atom stereocenters. The molecule has 0 aliphatic carbocycles. The summed E-state index contributed by atoms with van der Waals surface area (Å²) in [6.45, 7) is 2.36. The normalized spacial score (nSPS) is 10.7. The lowest BCUT2D eigenvalue weighted by Gasteiger charge is -2.05. The highest BCUT2D eigenvalue weighted by molar-refractivity contribution is 6.08. The van der Waals surface area contributed by atoms with Crippen molar-refractivity contribution in [1.82, 2.24) is 0 Å². The molecule has 5 heteroatoms. The first-order valence-corrected chi connectivity index (χ1v) is 7.10. The summed E-state index contributed by atoms with van der Waals surface area (Å²) in [7, 11) is 1.48. The number of aromatic hydroxyl groups is 2. The number of hydrogen-bond donors (Lipinski definition) is 2. The van der Waals surface area contributed by atoms with Crippen molar-refractivity contribution in [3.8, 4) is 23.0 Å². The Morgan fingerprint density at radius 2 is 1.78 bits per heavy atom. The molecule has 5 nitrogen and oxygen atoms in total. The summed E-state index contributed by atoms with van der Waals surface area (Å²) < 4.78 is 10.2. The first-order valence-electron chi connectivity index (χ1n) is 7.10. The van der Waals surface area contributed by atoms with Gasteiger partial charge in [0.2, 0.25) is 0 Å². The zero-order valence-electron chi connectivity index (χ0n) is 12.9. The molecule has 0 spiro atoms. The molecule has 2 N–H and O–H groups in total. The average Bonchev–Trinajstić information content (AvgIpc) is 2.54. The van der Waals surface area contributed by atoms with Crippen LogP contribution in [-0.2, 0) is 0 Å². The van der Waals surface area contributed by atoms with E-state index in [0.29, 0.717) is 23.7 Å². The van der Waals surface area contributed by atoms with E-state index >= 15 is 0 Å². The molecular formula is C18H18O5. The molecule has 0 aromatic heterocycles. The number of rotatable bonds is 6. The van der Waals surface area contributed by atoms with Gasteiger partial charge in [0.05, 0.1) is 19.3 Å². The third-order valence-electron chi connectivity index (χ3n) is 3.20. The molecule has 0 heterocycles. The van der Waals surface area contributed by atoms with Crippen molar-refractivity contribution in [3.05, 3.63) is 53.6 Å². The van der Waals surface area contributed by atoms with Crippen molar-refractivity contribution in [1.29, 1.82) is 0 Å². The topological polar surface area (TPSA) is 76.0 Å². The first kappa shape index (κ1) is 16.4. The van der Waals surface area contributed by atoms with E-state index in [4.69, 9.17) is 9.47 Å². The number of ether oxygens (including phenoxy) is 2. The molecule has 0 aliphatic heterocycles. The minimum atomic E-state index is -0.376. The van der Waals surface area contributed by atoms with E-state index in [9.17, 15) is 15.0 Å². The molecule has 2 rings (SSSR count). The minimum Gasteiger partial charge on any atom is -0.507 e. The number of carbonyl (C=O) groups excluding carboxylic acids is 1. The van der Waals surface area contributed by atoms with E-state index in [2.05, 4.69) is 0 Å². The highest BCUT2D eigenvalue weighted by Gasteiger charge is 2.09. The van der Waals surface area contributed by atoms with Crippen molar-refractivity contribution < 1.29 is 24.5 Å². The van der Waals surface area contributed by atoms with Crippen LogP contribution >= 0.6 is 0 Å². The van der Waals surface area contributed by atoms with Crippen LogP contribution in [0.15, 0.2) is 42.5 Å². The molecule has 0 unspecified atom stereocenters. The van der Waals surface area contributed by atoms with Crippen molar-refractivity contribution in [2.45, 2.75) is 6.92 Å². The van der Waals surface area contributed by atoms with E-state index < -0.39 is 0 Å². The van der Waals surface area contributed by atoms with E-state index in [-0.39, 0.29) is 22.8 Å². The Kier molecular flexibility index (Phi) is 5.25. The second-order valence-electron chi connectivity index (χ2n) is 4.73. The van der Waals surface area contributed by atoms with Crippen LogP contribution in [0.1, 0.15) is 22.8 Å². The van der Waals surface area contributed by atoms with E-state index in [1.54, 1.807) is 18.2 Å². The molecule has 120 valence electrons. The number of hydrogen-bond acceptors (Lipinski definition) is 5. The highest BCUT2D eigenvalue weighted by atomic mass is 16.5. The predicted octanol–water partition coefficient (Wildman–Crippen LogP) is 3.40. The minimum absolute atomic E-state index is 0.0129. The Bertz CT molecular complexity index is 734. The van der Waals surface area contributed by atoms with Crippen LogP contribution < -0.4 is 9.47 Å². The lowest BCUT2D eigenvalue weighted by atomic mass is 10.1. The predicted molar refractivity (Wildman–Crippen MR) is 87.3 cm³/mol. The summed E-state index contributed by atoms with van der Waals surface area (Å²) in [4.78, 5) is 12.1. The number of methoxy groups -OCH3 is 1. The number of allylic oxidation sites excluding steroid dienone is 1. The van der Waals surface area contributed by atoms with Gasteiger partial charge >= 0.3 is 0 Å². The van der Waals surface area contributed by atoms with Gasteiger partial charge in [0.1, 0.15) is 23.0 Å². The highest BCUT2D eigenvalue weighted by Crippen LogP contribution is 2.26. The Hall–Kier alpha value is -2.95. The Morgan fingerprint density at radius 1 is 1.09 bits per heavy atom. The summed E-state index contributed by atoms with van der Waals surface area (Å²) in [5.41, 5.74) is 0.641. The fourth-order valence-electron chi connectivity index (χ4n) is 2.02. The van der Waals surface area contributed by atoms with Crippen LogP contribution in [0.5, 0.6) is 23.0 Å². The third kappa shape index (κ3) is 4.03. The molecule has 2 aromatic rings. The molecule has 2 aromatic carbocycles. The van der Waals surface area contributed by atoms with Gasteiger partial charge in [-0.3, -0.25) is 4.79 Å². The summed E-state index contributed by atoms with van der Waals surface area (Å²) in [6, 6.07) is 9.29. The van der Waals surface area contributed by atoms with Crippen molar-refractivity contribution in [3.63, 3.8) is 0 Å². The fraction of sp³-hybridized carbons (Fsp3) is 0.167. The maximum absolute atomic E-state index is 12.1. The van der Waals surface area contributed by atoms with Crippen molar-refractivity contribution >= 4 is 11.9 Å². The Labute approximate surface area is 134 Å². The smallest absolute Gasteiger partial charge is 0.189 e. The van der Waals surface area contributed by atoms with Crippen LogP contribution in [0.25, 0.3) is 6.08 Å². The standard InChI is InChI=1S/C18H18O5/c1-3-23-14-6-4-12(17(20)11-14)5-9-16(19)15-8-7-13(22-2)10-18(15)21/h4-11,20-21H,3H2,1-2H3. The number of ketones is 1. The Balaban J connectivity index is 2.18. The van der Waals surface area contributed by atoms with E-state index in [0.717, 1.165) is 0 Å². The largest absolute Gasteiger partial charge is 0.507 e. The second kappa shape index (κ2) is 7.35.